The molecule has 1 aliphatic heterocycles. The highest BCUT2D eigenvalue weighted by Crippen LogP contribution is 2.18. The zero-order valence-electron chi connectivity index (χ0n) is 10.9. The number of aliphatic hydroxyl groups excluding tert-OH is 3. The molecule has 0 amide bonds. The SMILES string of the molecule is O=C(/C=C/c1ccccc1)CC1OC[C@@H](O)[C@H](O)[C@@H]1O. The van der Waals surface area contributed by atoms with Crippen LogP contribution in [0.25, 0.3) is 6.08 Å². The van der Waals surface area contributed by atoms with Gasteiger partial charge >= 0.3 is 0 Å². The molecule has 0 aromatic heterocycles. The van der Waals surface area contributed by atoms with Crippen molar-refractivity contribution < 1.29 is 24.9 Å². The Morgan fingerprint density at radius 2 is 1.90 bits per heavy atom. The fourth-order valence-electron chi connectivity index (χ4n) is 2.07. The summed E-state index contributed by atoms with van der Waals surface area (Å²) >= 11 is 0. The first-order chi connectivity index (χ1) is 9.58. The molecule has 20 heavy (non-hydrogen) atoms. The average molecular weight is 278 g/mol. The topological polar surface area (TPSA) is 87.0 Å². The Morgan fingerprint density at radius 3 is 2.60 bits per heavy atom. The molecular weight excluding hydrogens is 260 g/mol. The molecule has 1 aliphatic rings. The highest BCUT2D eigenvalue weighted by atomic mass is 16.5. The second-order valence-electron chi connectivity index (χ2n) is 4.83. The quantitative estimate of drug-likeness (QED) is 0.682. The van der Waals surface area contributed by atoms with Crippen molar-refractivity contribution in [3.8, 4) is 0 Å². The minimum absolute atomic E-state index is 0.0335. The van der Waals surface area contributed by atoms with Crippen molar-refractivity contribution in [3.63, 3.8) is 0 Å². The van der Waals surface area contributed by atoms with Gasteiger partial charge < -0.3 is 20.1 Å². The molecule has 1 aromatic carbocycles. The van der Waals surface area contributed by atoms with Crippen LogP contribution in [-0.4, -0.2) is 52.1 Å². The predicted molar refractivity (Wildman–Crippen MR) is 72.9 cm³/mol. The van der Waals surface area contributed by atoms with Crippen LogP contribution in [0.2, 0.25) is 0 Å². The molecule has 1 heterocycles. The monoisotopic (exact) mass is 278 g/mol. The maximum atomic E-state index is 11.8. The number of ketones is 1. The lowest BCUT2D eigenvalue weighted by Gasteiger charge is -2.34. The zero-order chi connectivity index (χ0) is 14.5. The second kappa shape index (κ2) is 6.76. The van der Waals surface area contributed by atoms with Crippen LogP contribution in [-0.2, 0) is 9.53 Å². The van der Waals surface area contributed by atoms with Gasteiger partial charge in [0.1, 0.15) is 18.3 Å². The van der Waals surface area contributed by atoms with Crippen molar-refractivity contribution in [2.24, 2.45) is 0 Å². The normalized spacial score (nSPS) is 30.6. The largest absolute Gasteiger partial charge is 0.388 e. The van der Waals surface area contributed by atoms with Crippen LogP contribution in [0, 0.1) is 0 Å². The Kier molecular flexibility index (Phi) is 5.03. The summed E-state index contributed by atoms with van der Waals surface area (Å²) in [6.45, 7) is -0.0847. The van der Waals surface area contributed by atoms with Crippen molar-refractivity contribution in [2.75, 3.05) is 6.61 Å². The number of ether oxygens (including phenoxy) is 1. The van der Waals surface area contributed by atoms with E-state index in [9.17, 15) is 20.1 Å². The highest BCUT2D eigenvalue weighted by molar-refractivity contribution is 5.93. The average Bonchev–Trinajstić information content (AvgIpc) is 2.47. The molecule has 5 nitrogen and oxygen atoms in total. The molecule has 2 rings (SSSR count). The third kappa shape index (κ3) is 3.74. The Hall–Kier alpha value is -1.53. The van der Waals surface area contributed by atoms with Crippen LogP contribution in [0.3, 0.4) is 0 Å². The summed E-state index contributed by atoms with van der Waals surface area (Å²) in [6, 6.07) is 9.37. The van der Waals surface area contributed by atoms with E-state index in [2.05, 4.69) is 0 Å². The van der Waals surface area contributed by atoms with Gasteiger partial charge in [-0.1, -0.05) is 36.4 Å². The molecule has 1 unspecified atom stereocenters. The van der Waals surface area contributed by atoms with E-state index in [0.717, 1.165) is 5.56 Å². The van der Waals surface area contributed by atoms with Gasteiger partial charge in [-0.3, -0.25) is 4.79 Å². The van der Waals surface area contributed by atoms with E-state index in [1.54, 1.807) is 6.08 Å². The molecule has 0 bridgehead atoms. The molecule has 3 N–H and O–H groups in total. The Bertz CT molecular complexity index is 470. The summed E-state index contributed by atoms with van der Waals surface area (Å²) in [6.07, 6.45) is -1.37. The number of hydrogen-bond acceptors (Lipinski definition) is 5. The summed E-state index contributed by atoms with van der Waals surface area (Å²) in [4.78, 5) is 11.8. The predicted octanol–water partition coefficient (Wildman–Crippen LogP) is 0.141. The fourth-order valence-corrected chi connectivity index (χ4v) is 2.07. The summed E-state index contributed by atoms with van der Waals surface area (Å²) in [5.41, 5.74) is 0.904. The molecule has 0 spiro atoms. The Morgan fingerprint density at radius 1 is 1.20 bits per heavy atom. The number of aliphatic hydroxyl groups is 3. The van der Waals surface area contributed by atoms with Gasteiger partial charge in [0.05, 0.1) is 12.7 Å². The summed E-state index contributed by atoms with van der Waals surface area (Å²) < 4.78 is 5.18. The number of hydrogen-bond donors (Lipinski definition) is 3. The van der Waals surface area contributed by atoms with Crippen molar-refractivity contribution >= 4 is 11.9 Å². The number of carbonyl (C=O) groups excluding carboxylic acids is 1. The van der Waals surface area contributed by atoms with Gasteiger partial charge in [0.15, 0.2) is 5.78 Å². The van der Waals surface area contributed by atoms with E-state index in [-0.39, 0.29) is 18.8 Å². The van der Waals surface area contributed by atoms with Gasteiger partial charge in [-0.25, -0.2) is 0 Å². The van der Waals surface area contributed by atoms with Gasteiger partial charge in [-0.15, -0.1) is 0 Å². The number of allylic oxidation sites excluding steroid dienone is 1. The minimum Gasteiger partial charge on any atom is -0.388 e. The minimum atomic E-state index is -1.28. The first kappa shape index (κ1) is 14.9. The molecule has 0 saturated carbocycles. The molecule has 4 atom stereocenters. The lowest BCUT2D eigenvalue weighted by Crippen LogP contribution is -2.53. The molecule has 0 aliphatic carbocycles. The van der Waals surface area contributed by atoms with Crippen LogP contribution >= 0.6 is 0 Å². The summed E-state index contributed by atoms with van der Waals surface area (Å²) in [7, 11) is 0. The van der Waals surface area contributed by atoms with Crippen molar-refractivity contribution in [1.82, 2.24) is 0 Å². The summed E-state index contributed by atoms with van der Waals surface area (Å²) in [5, 5.41) is 28.6. The van der Waals surface area contributed by atoms with Crippen molar-refractivity contribution in [2.45, 2.75) is 30.8 Å². The van der Waals surface area contributed by atoms with E-state index < -0.39 is 24.4 Å². The third-order valence-corrected chi connectivity index (χ3v) is 3.27. The zero-order valence-corrected chi connectivity index (χ0v) is 10.9. The van der Waals surface area contributed by atoms with E-state index in [1.165, 1.54) is 6.08 Å². The summed E-state index contributed by atoms with van der Waals surface area (Å²) in [5.74, 6) is -0.207. The van der Waals surface area contributed by atoms with Gasteiger partial charge in [-0.05, 0) is 11.6 Å². The van der Waals surface area contributed by atoms with E-state index in [0.29, 0.717) is 0 Å². The molecule has 108 valence electrons. The van der Waals surface area contributed by atoms with E-state index >= 15 is 0 Å². The molecule has 1 fully saturated rings. The first-order valence-corrected chi connectivity index (χ1v) is 6.49. The van der Waals surface area contributed by atoms with Crippen LogP contribution in [0.4, 0.5) is 0 Å². The molecule has 0 radical (unpaired) electrons. The molecular formula is C15H18O5. The van der Waals surface area contributed by atoms with Gasteiger partial charge in [0.25, 0.3) is 0 Å². The van der Waals surface area contributed by atoms with Gasteiger partial charge in [0.2, 0.25) is 0 Å². The Labute approximate surface area is 117 Å². The van der Waals surface area contributed by atoms with Crippen molar-refractivity contribution in [1.29, 1.82) is 0 Å². The number of benzene rings is 1. The van der Waals surface area contributed by atoms with Crippen molar-refractivity contribution in [3.05, 3.63) is 42.0 Å². The van der Waals surface area contributed by atoms with E-state index in [4.69, 9.17) is 4.74 Å². The third-order valence-electron chi connectivity index (χ3n) is 3.27. The van der Waals surface area contributed by atoms with Crippen LogP contribution in [0.1, 0.15) is 12.0 Å². The standard InChI is InChI=1S/C15H18O5/c16-11(7-6-10-4-2-1-3-5-10)8-13-15(19)14(18)12(17)9-20-13/h1-7,12-15,17-19H,8-9H2/b7-6+/t12-,13?,14+,15-/m1/s1. The Balaban J connectivity index is 1.90. The van der Waals surface area contributed by atoms with E-state index in [1.807, 2.05) is 30.3 Å². The van der Waals surface area contributed by atoms with Crippen LogP contribution in [0.15, 0.2) is 36.4 Å². The number of rotatable bonds is 4. The lowest BCUT2D eigenvalue weighted by atomic mass is 9.96. The number of carbonyl (C=O) groups is 1. The maximum absolute atomic E-state index is 11.8. The first-order valence-electron chi connectivity index (χ1n) is 6.49. The van der Waals surface area contributed by atoms with Gasteiger partial charge in [-0.2, -0.15) is 0 Å². The van der Waals surface area contributed by atoms with Gasteiger partial charge in [0, 0.05) is 6.42 Å². The van der Waals surface area contributed by atoms with Crippen LogP contribution in [0.5, 0.6) is 0 Å². The molecule has 1 aromatic rings. The highest BCUT2D eigenvalue weighted by Gasteiger charge is 2.37. The lowest BCUT2D eigenvalue weighted by molar-refractivity contribution is -0.188. The maximum Gasteiger partial charge on any atom is 0.158 e. The fraction of sp³-hybridized carbons (Fsp3) is 0.400. The molecule has 5 heteroatoms. The molecule has 1 saturated heterocycles. The smallest absolute Gasteiger partial charge is 0.158 e. The van der Waals surface area contributed by atoms with Crippen LogP contribution < -0.4 is 0 Å². The second-order valence-corrected chi connectivity index (χ2v) is 4.83.